The number of rotatable bonds is 3. The van der Waals surface area contributed by atoms with Crippen molar-refractivity contribution in [2.24, 2.45) is 5.92 Å². The summed E-state index contributed by atoms with van der Waals surface area (Å²) in [6.07, 6.45) is 6.23. The maximum absolute atomic E-state index is 12.6. The van der Waals surface area contributed by atoms with Gasteiger partial charge in [0.2, 0.25) is 5.91 Å². The normalized spacial score (nSPS) is 24.0. The summed E-state index contributed by atoms with van der Waals surface area (Å²) in [6, 6.07) is 3.57. The van der Waals surface area contributed by atoms with Gasteiger partial charge in [-0.2, -0.15) is 0 Å². The molecule has 24 heavy (non-hydrogen) atoms. The molecule has 1 saturated carbocycles. The van der Waals surface area contributed by atoms with E-state index < -0.39 is 0 Å². The lowest BCUT2D eigenvalue weighted by molar-refractivity contribution is -0.121. The Balaban J connectivity index is 1.75. The molecule has 3 rings (SSSR count). The van der Waals surface area contributed by atoms with E-state index in [1.165, 1.54) is 16.3 Å². The fourth-order valence-corrected chi connectivity index (χ4v) is 3.48. The molecule has 130 valence electrons. The minimum atomic E-state index is -0.232. The van der Waals surface area contributed by atoms with Crippen molar-refractivity contribution in [1.82, 2.24) is 15.3 Å². The number of fused-ring (bicyclic) bond motifs is 1. The molecule has 0 radical (unpaired) electrons. The van der Waals surface area contributed by atoms with Crippen LogP contribution in [0, 0.1) is 5.92 Å². The average Bonchev–Trinajstić information content (AvgIpc) is 2.59. The standard InChI is InChI=1S/C17H25N5O2/c1-12-7-4-5-8-13(12)19-15(23)11-22-14-9-6-10-18-16(14)20(2)21(3)17(22)24/h6,9-10,12-13H,4-5,7-8,11H2,1-3H3,(H,19,23)/t12-,13-/m1/s1. The number of hydrazine groups is 1. The van der Waals surface area contributed by atoms with Gasteiger partial charge in [-0.1, -0.05) is 19.8 Å². The quantitative estimate of drug-likeness (QED) is 0.920. The zero-order valence-corrected chi connectivity index (χ0v) is 14.5. The number of nitrogens with one attached hydrogen (secondary N) is 1. The van der Waals surface area contributed by atoms with Crippen LogP contribution >= 0.6 is 0 Å². The van der Waals surface area contributed by atoms with E-state index in [9.17, 15) is 9.59 Å². The van der Waals surface area contributed by atoms with Crippen LogP contribution in [0.4, 0.5) is 16.3 Å². The maximum Gasteiger partial charge on any atom is 0.343 e. The fraction of sp³-hybridized carbons (Fsp3) is 0.588. The molecule has 1 aliphatic heterocycles. The number of urea groups is 1. The van der Waals surface area contributed by atoms with E-state index in [2.05, 4.69) is 17.2 Å². The summed E-state index contributed by atoms with van der Waals surface area (Å²) < 4.78 is 0. The van der Waals surface area contributed by atoms with Gasteiger partial charge in [-0.25, -0.2) is 14.8 Å². The number of anilines is 2. The lowest BCUT2D eigenvalue weighted by Crippen LogP contribution is -2.56. The van der Waals surface area contributed by atoms with E-state index in [0.717, 1.165) is 19.3 Å². The molecule has 7 nitrogen and oxygen atoms in total. The Morgan fingerprint density at radius 3 is 2.79 bits per heavy atom. The molecule has 0 saturated heterocycles. The minimum absolute atomic E-state index is 0.0128. The second kappa shape index (κ2) is 6.67. The van der Waals surface area contributed by atoms with Gasteiger partial charge in [0, 0.05) is 26.3 Å². The largest absolute Gasteiger partial charge is 0.352 e. The van der Waals surface area contributed by atoms with Gasteiger partial charge in [0.05, 0.1) is 5.69 Å². The van der Waals surface area contributed by atoms with Crippen molar-refractivity contribution >= 4 is 23.4 Å². The first-order valence-corrected chi connectivity index (χ1v) is 8.52. The van der Waals surface area contributed by atoms with E-state index in [-0.39, 0.29) is 24.5 Å². The molecule has 1 N–H and O–H groups in total. The Morgan fingerprint density at radius 2 is 2.04 bits per heavy atom. The number of hydrogen-bond acceptors (Lipinski definition) is 4. The lowest BCUT2D eigenvalue weighted by atomic mass is 9.86. The number of carbonyl (C=O) groups excluding carboxylic acids is 2. The summed E-state index contributed by atoms with van der Waals surface area (Å²) in [4.78, 5) is 30.9. The highest BCUT2D eigenvalue weighted by molar-refractivity contribution is 6.02. The third-order valence-corrected chi connectivity index (χ3v) is 5.08. The number of pyridine rings is 1. The third-order valence-electron chi connectivity index (χ3n) is 5.08. The van der Waals surface area contributed by atoms with E-state index in [1.54, 1.807) is 31.4 Å². The summed E-state index contributed by atoms with van der Waals surface area (Å²) in [7, 11) is 3.46. The smallest absolute Gasteiger partial charge is 0.343 e. The number of nitrogens with zero attached hydrogens (tertiary/aromatic N) is 4. The van der Waals surface area contributed by atoms with Crippen LogP contribution in [-0.2, 0) is 4.79 Å². The van der Waals surface area contributed by atoms with Crippen LogP contribution in [0.25, 0.3) is 0 Å². The van der Waals surface area contributed by atoms with Gasteiger partial charge in [-0.3, -0.25) is 14.7 Å². The van der Waals surface area contributed by atoms with Crippen molar-refractivity contribution in [3.8, 4) is 0 Å². The van der Waals surface area contributed by atoms with Gasteiger partial charge in [0.1, 0.15) is 6.54 Å². The second-order valence-electron chi connectivity index (χ2n) is 6.70. The SMILES string of the molecule is C[C@@H]1CCCC[C@H]1NC(=O)CN1C(=O)N(C)N(C)c2ncccc21. The average molecular weight is 331 g/mol. The molecule has 2 aliphatic rings. The molecule has 1 fully saturated rings. The van der Waals surface area contributed by atoms with E-state index >= 15 is 0 Å². The highest BCUT2D eigenvalue weighted by Gasteiger charge is 2.34. The molecule has 1 aliphatic carbocycles. The number of aromatic nitrogens is 1. The first-order chi connectivity index (χ1) is 11.5. The van der Waals surface area contributed by atoms with Crippen molar-refractivity contribution < 1.29 is 9.59 Å². The fourth-order valence-electron chi connectivity index (χ4n) is 3.48. The second-order valence-corrected chi connectivity index (χ2v) is 6.70. The van der Waals surface area contributed by atoms with Gasteiger partial charge < -0.3 is 5.32 Å². The first-order valence-electron chi connectivity index (χ1n) is 8.52. The molecular weight excluding hydrogens is 306 g/mol. The highest BCUT2D eigenvalue weighted by atomic mass is 16.2. The molecule has 2 atom stereocenters. The molecule has 0 bridgehead atoms. The third kappa shape index (κ3) is 3.02. The highest BCUT2D eigenvalue weighted by Crippen LogP contribution is 2.32. The summed E-state index contributed by atoms with van der Waals surface area (Å²) in [5.74, 6) is 1.04. The number of amides is 3. The molecule has 1 aromatic heterocycles. The maximum atomic E-state index is 12.6. The van der Waals surface area contributed by atoms with E-state index in [1.807, 2.05) is 6.07 Å². The van der Waals surface area contributed by atoms with Gasteiger partial charge >= 0.3 is 6.03 Å². The zero-order chi connectivity index (χ0) is 17.3. The Hall–Kier alpha value is -2.31. The Morgan fingerprint density at radius 1 is 1.29 bits per heavy atom. The zero-order valence-electron chi connectivity index (χ0n) is 14.5. The molecule has 1 aromatic rings. The van der Waals surface area contributed by atoms with Gasteiger partial charge in [-0.05, 0) is 30.9 Å². The first kappa shape index (κ1) is 16.5. The van der Waals surface area contributed by atoms with Crippen molar-refractivity contribution in [3.05, 3.63) is 18.3 Å². The van der Waals surface area contributed by atoms with E-state index in [4.69, 9.17) is 0 Å². The van der Waals surface area contributed by atoms with E-state index in [0.29, 0.717) is 17.4 Å². The molecule has 0 unspecified atom stereocenters. The van der Waals surface area contributed by atoms with Crippen LogP contribution in [0.5, 0.6) is 0 Å². The Kier molecular flexibility index (Phi) is 4.59. The molecule has 7 heteroatoms. The van der Waals surface area contributed by atoms with Crippen LogP contribution in [0.3, 0.4) is 0 Å². The minimum Gasteiger partial charge on any atom is -0.352 e. The van der Waals surface area contributed by atoms with Gasteiger partial charge in [0.15, 0.2) is 5.82 Å². The molecule has 2 heterocycles. The van der Waals surface area contributed by atoms with Crippen LogP contribution < -0.4 is 15.2 Å². The van der Waals surface area contributed by atoms with Crippen LogP contribution in [0.15, 0.2) is 18.3 Å². The van der Waals surface area contributed by atoms with Crippen LogP contribution in [0.2, 0.25) is 0 Å². The number of hydrogen-bond donors (Lipinski definition) is 1. The molecule has 0 aromatic carbocycles. The van der Waals surface area contributed by atoms with Crippen molar-refractivity contribution in [2.45, 2.75) is 38.6 Å². The van der Waals surface area contributed by atoms with Crippen molar-refractivity contribution in [3.63, 3.8) is 0 Å². The van der Waals surface area contributed by atoms with Crippen LogP contribution in [-0.4, -0.2) is 48.6 Å². The molecular formula is C17H25N5O2. The molecule has 3 amide bonds. The van der Waals surface area contributed by atoms with Crippen LogP contribution in [0.1, 0.15) is 32.6 Å². The summed E-state index contributed by atoms with van der Waals surface area (Å²) >= 11 is 0. The summed E-state index contributed by atoms with van der Waals surface area (Å²) in [5.41, 5.74) is 0.662. The summed E-state index contributed by atoms with van der Waals surface area (Å²) in [5, 5.41) is 6.26. The van der Waals surface area contributed by atoms with Gasteiger partial charge in [-0.15, -0.1) is 0 Å². The van der Waals surface area contributed by atoms with Gasteiger partial charge in [0.25, 0.3) is 0 Å². The number of carbonyl (C=O) groups is 2. The topological polar surface area (TPSA) is 68.8 Å². The lowest BCUT2D eigenvalue weighted by Gasteiger charge is -2.40. The monoisotopic (exact) mass is 331 g/mol. The molecule has 0 spiro atoms. The Bertz CT molecular complexity index is 635. The van der Waals surface area contributed by atoms with Crippen molar-refractivity contribution in [2.75, 3.05) is 30.5 Å². The predicted octanol–water partition coefficient (Wildman–Crippen LogP) is 2.00. The van der Waals surface area contributed by atoms with Crippen molar-refractivity contribution in [1.29, 1.82) is 0 Å². The summed E-state index contributed by atoms with van der Waals surface area (Å²) in [6.45, 7) is 2.19. The predicted molar refractivity (Wildman–Crippen MR) is 92.7 cm³/mol. The Labute approximate surface area is 142 Å².